The van der Waals surface area contributed by atoms with Gasteiger partial charge in [-0.25, -0.2) is 15.0 Å². The molecule has 1 aromatic rings. The van der Waals surface area contributed by atoms with Gasteiger partial charge >= 0.3 is 0 Å². The van der Waals surface area contributed by atoms with Gasteiger partial charge in [-0.15, -0.1) is 0 Å². The van der Waals surface area contributed by atoms with E-state index in [0.717, 1.165) is 37.7 Å². The Balaban J connectivity index is 2.02. The summed E-state index contributed by atoms with van der Waals surface area (Å²) in [6, 6.07) is 1.96. The summed E-state index contributed by atoms with van der Waals surface area (Å²) >= 11 is 0. The zero-order valence-electron chi connectivity index (χ0n) is 9.16. The first-order chi connectivity index (χ1) is 7.24. The molecule has 1 fully saturated rings. The van der Waals surface area contributed by atoms with Crippen LogP contribution in [0.2, 0.25) is 0 Å². The highest BCUT2D eigenvalue weighted by Gasteiger charge is 2.11. The van der Waals surface area contributed by atoms with Crippen LogP contribution in [0.4, 0.5) is 5.95 Å². The fraction of sp³-hybridized carbons (Fsp3) is 0.600. The first kappa shape index (κ1) is 10.3. The van der Waals surface area contributed by atoms with Crippen molar-refractivity contribution in [2.24, 2.45) is 0 Å². The van der Waals surface area contributed by atoms with Gasteiger partial charge in [-0.3, -0.25) is 5.43 Å². The number of aryl methyl sites for hydroxylation is 2. The first-order valence-electron chi connectivity index (χ1n) is 5.16. The van der Waals surface area contributed by atoms with E-state index >= 15 is 0 Å². The molecule has 1 aromatic heterocycles. The molecule has 0 bridgehead atoms. The predicted octanol–water partition coefficient (Wildman–Crippen LogP) is 0.753. The minimum absolute atomic E-state index is 0.675. The molecule has 0 spiro atoms. The van der Waals surface area contributed by atoms with Crippen molar-refractivity contribution in [1.82, 2.24) is 15.0 Å². The predicted molar refractivity (Wildman–Crippen MR) is 57.5 cm³/mol. The van der Waals surface area contributed by atoms with E-state index < -0.39 is 0 Å². The van der Waals surface area contributed by atoms with Crippen LogP contribution in [0, 0.1) is 13.8 Å². The summed E-state index contributed by atoms with van der Waals surface area (Å²) in [6.45, 7) is 7.21. The number of ether oxygens (including phenoxy) is 1. The molecule has 0 unspecified atom stereocenters. The normalized spacial score (nSPS) is 17.7. The second-order valence-corrected chi connectivity index (χ2v) is 3.69. The van der Waals surface area contributed by atoms with Gasteiger partial charge in [0, 0.05) is 24.5 Å². The number of hydrogen-bond donors (Lipinski definition) is 1. The molecule has 1 aliphatic rings. The number of nitrogens with one attached hydrogen (secondary N) is 1. The highest BCUT2D eigenvalue weighted by molar-refractivity contribution is 5.26. The van der Waals surface area contributed by atoms with E-state index in [1.54, 1.807) is 0 Å². The summed E-state index contributed by atoms with van der Waals surface area (Å²) in [4.78, 5) is 8.65. The largest absolute Gasteiger partial charge is 0.379 e. The van der Waals surface area contributed by atoms with Crippen molar-refractivity contribution in [1.29, 1.82) is 0 Å². The third kappa shape index (κ3) is 2.87. The van der Waals surface area contributed by atoms with Gasteiger partial charge in [0.05, 0.1) is 13.2 Å². The van der Waals surface area contributed by atoms with E-state index in [-0.39, 0.29) is 0 Å². The number of hydrogen-bond acceptors (Lipinski definition) is 5. The van der Waals surface area contributed by atoms with Crippen molar-refractivity contribution < 1.29 is 4.74 Å². The molecule has 1 aliphatic heterocycles. The summed E-state index contributed by atoms with van der Waals surface area (Å²) < 4.78 is 5.26. The van der Waals surface area contributed by atoms with E-state index in [9.17, 15) is 0 Å². The molecule has 0 radical (unpaired) electrons. The molecule has 1 saturated heterocycles. The Hall–Kier alpha value is -1.20. The van der Waals surface area contributed by atoms with Crippen molar-refractivity contribution in [2.75, 3.05) is 31.7 Å². The number of morpholine rings is 1. The Labute approximate surface area is 89.4 Å². The van der Waals surface area contributed by atoms with Gasteiger partial charge in [0.1, 0.15) is 0 Å². The van der Waals surface area contributed by atoms with Crippen molar-refractivity contribution in [3.05, 3.63) is 17.5 Å². The minimum Gasteiger partial charge on any atom is -0.379 e. The molecule has 0 aromatic carbocycles. The SMILES string of the molecule is Cc1cc(C)nc(NN2CCOCC2)n1. The molecule has 82 valence electrons. The molecule has 0 aliphatic carbocycles. The molecule has 0 saturated carbocycles. The molecule has 15 heavy (non-hydrogen) atoms. The van der Waals surface area contributed by atoms with Crippen LogP contribution < -0.4 is 5.43 Å². The molecule has 0 amide bonds. The Bertz CT molecular complexity index is 316. The number of anilines is 1. The average molecular weight is 208 g/mol. The highest BCUT2D eigenvalue weighted by atomic mass is 16.5. The van der Waals surface area contributed by atoms with Crippen molar-refractivity contribution in [3.63, 3.8) is 0 Å². The summed E-state index contributed by atoms with van der Waals surface area (Å²) in [5.74, 6) is 0.675. The number of hydrazine groups is 1. The molecule has 5 nitrogen and oxygen atoms in total. The van der Waals surface area contributed by atoms with Crippen LogP contribution in [0.3, 0.4) is 0 Å². The van der Waals surface area contributed by atoms with E-state index in [4.69, 9.17) is 4.74 Å². The highest BCUT2D eigenvalue weighted by Crippen LogP contribution is 2.06. The second kappa shape index (κ2) is 4.55. The van der Waals surface area contributed by atoms with Gasteiger partial charge in [0.15, 0.2) is 0 Å². The summed E-state index contributed by atoms with van der Waals surface area (Å²) in [5.41, 5.74) is 5.16. The minimum atomic E-state index is 0.675. The third-order valence-electron chi connectivity index (χ3n) is 2.25. The van der Waals surface area contributed by atoms with Crippen LogP contribution in [-0.4, -0.2) is 41.3 Å². The van der Waals surface area contributed by atoms with E-state index in [2.05, 4.69) is 20.4 Å². The lowest BCUT2D eigenvalue weighted by Crippen LogP contribution is -2.40. The van der Waals surface area contributed by atoms with Gasteiger partial charge in [-0.1, -0.05) is 0 Å². The van der Waals surface area contributed by atoms with Crippen molar-refractivity contribution >= 4 is 5.95 Å². The van der Waals surface area contributed by atoms with Gasteiger partial charge in [-0.05, 0) is 19.9 Å². The molecule has 2 rings (SSSR count). The average Bonchev–Trinajstić information content (AvgIpc) is 2.17. The number of rotatable bonds is 2. The summed E-state index contributed by atoms with van der Waals surface area (Å²) in [5, 5.41) is 2.08. The Morgan fingerprint density at radius 3 is 2.40 bits per heavy atom. The molecule has 2 heterocycles. The van der Waals surface area contributed by atoms with E-state index in [1.165, 1.54) is 0 Å². The quantitative estimate of drug-likeness (QED) is 0.777. The third-order valence-corrected chi connectivity index (χ3v) is 2.25. The van der Waals surface area contributed by atoms with Crippen molar-refractivity contribution in [2.45, 2.75) is 13.8 Å². The van der Waals surface area contributed by atoms with E-state index in [1.807, 2.05) is 19.9 Å². The van der Waals surface area contributed by atoms with Gasteiger partial charge in [0.25, 0.3) is 0 Å². The fourth-order valence-electron chi connectivity index (χ4n) is 1.59. The second-order valence-electron chi connectivity index (χ2n) is 3.69. The van der Waals surface area contributed by atoms with Crippen LogP contribution in [0.1, 0.15) is 11.4 Å². The zero-order chi connectivity index (χ0) is 10.7. The van der Waals surface area contributed by atoms with Gasteiger partial charge < -0.3 is 4.74 Å². The lowest BCUT2D eigenvalue weighted by Gasteiger charge is -2.26. The lowest BCUT2D eigenvalue weighted by atomic mass is 10.4. The molecule has 5 heteroatoms. The van der Waals surface area contributed by atoms with Gasteiger partial charge in [0.2, 0.25) is 5.95 Å². The monoisotopic (exact) mass is 208 g/mol. The molecule has 0 atom stereocenters. The number of aromatic nitrogens is 2. The standard InChI is InChI=1S/C10H16N4O/c1-8-7-9(2)12-10(11-8)13-14-3-5-15-6-4-14/h7H,3-6H2,1-2H3,(H,11,12,13). The number of nitrogens with zero attached hydrogens (tertiary/aromatic N) is 3. The molecular weight excluding hydrogens is 192 g/mol. The van der Waals surface area contributed by atoms with Crippen LogP contribution in [0.15, 0.2) is 6.07 Å². The topological polar surface area (TPSA) is 50.3 Å². The lowest BCUT2D eigenvalue weighted by molar-refractivity contribution is 0.0492. The van der Waals surface area contributed by atoms with Crippen LogP contribution in [0.5, 0.6) is 0 Å². The summed E-state index contributed by atoms with van der Waals surface area (Å²) in [7, 11) is 0. The van der Waals surface area contributed by atoms with Gasteiger partial charge in [-0.2, -0.15) is 0 Å². The van der Waals surface area contributed by atoms with Crippen LogP contribution in [-0.2, 0) is 4.74 Å². The zero-order valence-corrected chi connectivity index (χ0v) is 9.16. The maximum Gasteiger partial charge on any atom is 0.237 e. The summed E-state index contributed by atoms with van der Waals surface area (Å²) in [6.07, 6.45) is 0. The van der Waals surface area contributed by atoms with Crippen molar-refractivity contribution in [3.8, 4) is 0 Å². The molecular formula is C10H16N4O. The molecule has 1 N–H and O–H groups in total. The van der Waals surface area contributed by atoms with E-state index in [0.29, 0.717) is 5.95 Å². The first-order valence-corrected chi connectivity index (χ1v) is 5.16. The maximum atomic E-state index is 5.26. The smallest absolute Gasteiger partial charge is 0.237 e. The van der Waals surface area contributed by atoms with Crippen LogP contribution >= 0.6 is 0 Å². The van der Waals surface area contributed by atoms with Crippen LogP contribution in [0.25, 0.3) is 0 Å². The Kier molecular flexibility index (Phi) is 3.13. The fourth-order valence-corrected chi connectivity index (χ4v) is 1.59. The Morgan fingerprint density at radius 2 is 1.80 bits per heavy atom. The maximum absolute atomic E-state index is 5.26. The Morgan fingerprint density at radius 1 is 1.20 bits per heavy atom.